The molecule has 0 fully saturated rings. The molecular weight excluding hydrogens is 360 g/mol. The average molecular weight is 386 g/mol. The first-order valence-electron chi connectivity index (χ1n) is 9.12. The molecule has 9 nitrogen and oxygen atoms in total. The Morgan fingerprint density at radius 2 is 1.96 bits per heavy atom. The minimum atomic E-state index is -0.579. The molecule has 1 amide bonds. The Labute approximate surface area is 164 Å². The summed E-state index contributed by atoms with van der Waals surface area (Å²) in [6, 6.07) is 7.08. The Morgan fingerprint density at radius 1 is 1.25 bits per heavy atom. The van der Waals surface area contributed by atoms with Crippen LogP contribution in [0.3, 0.4) is 0 Å². The number of nitrogens with zero attached hydrogens (tertiary/aromatic N) is 4. The van der Waals surface area contributed by atoms with Gasteiger partial charge in [0.15, 0.2) is 0 Å². The van der Waals surface area contributed by atoms with Gasteiger partial charge in [0.25, 0.3) is 5.88 Å². The number of carbonyl (C=O) groups excluding carboxylic acids is 1. The molecule has 1 aliphatic heterocycles. The summed E-state index contributed by atoms with van der Waals surface area (Å²) in [5.74, 6) is 6.97. The number of ether oxygens (including phenoxy) is 1. The number of nitrogen functional groups attached to an aromatic ring is 1. The maximum atomic E-state index is 12.4. The zero-order valence-electron chi connectivity index (χ0n) is 16.6. The number of amides is 1. The van der Waals surface area contributed by atoms with Crippen molar-refractivity contribution < 1.29 is 14.4 Å². The molecule has 0 unspecified atom stereocenters. The number of aromatic nitrogens is 2. The standard InChI is InChI=1S/C19H26N6O3/c1-5-16-22-14-11-24(18(26)27-19(2,3)4)10-12(14)17(23-16)28-25(21)15-9-7-6-8-13(15)20/h6-9H,5,10-11,20-21H2,1-4H3. The first-order valence-corrected chi connectivity index (χ1v) is 9.12. The number of para-hydroxylation sites is 2. The predicted octanol–water partition coefficient (Wildman–Crippen LogP) is 2.55. The van der Waals surface area contributed by atoms with Crippen LogP contribution in [0.4, 0.5) is 16.2 Å². The van der Waals surface area contributed by atoms with E-state index < -0.39 is 11.7 Å². The number of benzene rings is 1. The van der Waals surface area contributed by atoms with E-state index in [-0.39, 0.29) is 6.54 Å². The van der Waals surface area contributed by atoms with Crippen LogP contribution in [0.25, 0.3) is 0 Å². The van der Waals surface area contributed by atoms with Crippen molar-refractivity contribution in [3.05, 3.63) is 41.3 Å². The van der Waals surface area contributed by atoms with E-state index in [2.05, 4.69) is 9.97 Å². The van der Waals surface area contributed by atoms with Crippen LogP contribution in [-0.4, -0.2) is 26.6 Å². The van der Waals surface area contributed by atoms with Crippen molar-refractivity contribution in [1.82, 2.24) is 14.9 Å². The summed E-state index contributed by atoms with van der Waals surface area (Å²) < 4.78 is 5.46. The summed E-state index contributed by atoms with van der Waals surface area (Å²) in [6.07, 6.45) is 0.208. The lowest BCUT2D eigenvalue weighted by atomic mass is 10.2. The Hall–Kier alpha value is -3.07. The molecule has 28 heavy (non-hydrogen) atoms. The van der Waals surface area contributed by atoms with Crippen LogP contribution in [0.15, 0.2) is 24.3 Å². The molecule has 150 valence electrons. The Morgan fingerprint density at radius 3 is 2.61 bits per heavy atom. The zero-order valence-corrected chi connectivity index (χ0v) is 16.6. The molecule has 0 saturated carbocycles. The molecule has 0 spiro atoms. The van der Waals surface area contributed by atoms with E-state index in [1.54, 1.807) is 23.1 Å². The van der Waals surface area contributed by atoms with Gasteiger partial charge in [0.05, 0.1) is 30.0 Å². The van der Waals surface area contributed by atoms with Gasteiger partial charge in [-0.3, -0.25) is 4.90 Å². The third kappa shape index (κ3) is 4.25. The third-order valence-electron chi connectivity index (χ3n) is 4.12. The lowest BCUT2D eigenvalue weighted by molar-refractivity contribution is 0.0240. The van der Waals surface area contributed by atoms with E-state index in [1.807, 2.05) is 33.8 Å². The van der Waals surface area contributed by atoms with Gasteiger partial charge in [0.2, 0.25) is 0 Å². The van der Waals surface area contributed by atoms with Gasteiger partial charge in [-0.15, -0.1) is 5.17 Å². The van der Waals surface area contributed by atoms with Gasteiger partial charge in [0.1, 0.15) is 17.1 Å². The number of nitrogens with two attached hydrogens (primary N) is 2. The first kappa shape index (κ1) is 19.7. The van der Waals surface area contributed by atoms with Crippen LogP contribution < -0.4 is 21.6 Å². The number of fused-ring (bicyclic) bond motifs is 1. The van der Waals surface area contributed by atoms with Gasteiger partial charge in [-0.1, -0.05) is 19.1 Å². The SMILES string of the molecule is CCc1nc2c(c(ON(N)c3ccccc3N)n1)CN(C(=O)OC(C)(C)C)C2. The molecule has 2 aromatic rings. The Kier molecular flexibility index (Phi) is 5.28. The van der Waals surface area contributed by atoms with E-state index in [0.29, 0.717) is 41.6 Å². The molecule has 2 heterocycles. The van der Waals surface area contributed by atoms with E-state index >= 15 is 0 Å². The molecule has 9 heteroatoms. The van der Waals surface area contributed by atoms with E-state index in [0.717, 1.165) is 10.9 Å². The zero-order chi connectivity index (χ0) is 20.5. The van der Waals surface area contributed by atoms with Gasteiger partial charge in [-0.2, -0.15) is 4.98 Å². The van der Waals surface area contributed by atoms with Crippen LogP contribution in [0.5, 0.6) is 5.88 Å². The normalized spacial score (nSPS) is 13.2. The molecule has 1 aliphatic rings. The predicted molar refractivity (Wildman–Crippen MR) is 105 cm³/mol. The highest BCUT2D eigenvalue weighted by Gasteiger charge is 2.32. The molecule has 0 aliphatic carbocycles. The topological polar surface area (TPSA) is 120 Å². The number of anilines is 2. The number of rotatable bonds is 4. The molecule has 0 bridgehead atoms. The number of aryl methyl sites for hydroxylation is 1. The number of hydrazine groups is 1. The van der Waals surface area contributed by atoms with Crippen molar-refractivity contribution in [2.45, 2.75) is 52.8 Å². The summed E-state index contributed by atoms with van der Waals surface area (Å²) in [6.45, 7) is 8.04. The summed E-state index contributed by atoms with van der Waals surface area (Å²) in [5, 5.41) is 1.08. The van der Waals surface area contributed by atoms with Crippen molar-refractivity contribution in [2.75, 3.05) is 10.9 Å². The van der Waals surface area contributed by atoms with Gasteiger partial charge >= 0.3 is 6.09 Å². The van der Waals surface area contributed by atoms with Crippen LogP contribution in [0.2, 0.25) is 0 Å². The molecule has 0 saturated heterocycles. The molecule has 3 rings (SSSR count). The molecule has 0 atom stereocenters. The maximum absolute atomic E-state index is 12.4. The van der Waals surface area contributed by atoms with E-state index in [1.165, 1.54) is 0 Å². The van der Waals surface area contributed by atoms with Gasteiger partial charge in [0, 0.05) is 6.42 Å². The molecule has 1 aromatic heterocycles. The lowest BCUT2D eigenvalue weighted by Gasteiger charge is -2.24. The lowest BCUT2D eigenvalue weighted by Crippen LogP contribution is -2.36. The van der Waals surface area contributed by atoms with Gasteiger partial charge < -0.3 is 15.3 Å². The van der Waals surface area contributed by atoms with Crippen LogP contribution in [0, 0.1) is 0 Å². The highest BCUT2D eigenvalue weighted by Crippen LogP contribution is 2.31. The Bertz CT molecular complexity index is 880. The van der Waals surface area contributed by atoms with Crippen molar-refractivity contribution in [3.63, 3.8) is 0 Å². The largest absolute Gasteiger partial charge is 0.444 e. The summed E-state index contributed by atoms with van der Waals surface area (Å²) in [5.41, 5.74) is 7.79. The number of hydrogen-bond acceptors (Lipinski definition) is 8. The second kappa shape index (κ2) is 7.51. The van der Waals surface area contributed by atoms with Crippen LogP contribution in [-0.2, 0) is 24.2 Å². The minimum absolute atomic E-state index is 0.279. The minimum Gasteiger partial charge on any atom is -0.444 e. The fourth-order valence-electron chi connectivity index (χ4n) is 2.79. The number of hydrogen-bond donors (Lipinski definition) is 2. The van der Waals surface area contributed by atoms with E-state index in [4.69, 9.17) is 21.2 Å². The first-order chi connectivity index (χ1) is 13.2. The monoisotopic (exact) mass is 386 g/mol. The fraction of sp³-hybridized carbons (Fsp3) is 0.421. The summed E-state index contributed by atoms with van der Waals surface area (Å²) >= 11 is 0. The van der Waals surface area contributed by atoms with E-state index in [9.17, 15) is 4.79 Å². The highest BCUT2D eigenvalue weighted by atomic mass is 16.7. The molecule has 0 radical (unpaired) electrons. The molecule has 1 aromatic carbocycles. The molecule has 4 N–H and O–H groups in total. The second-order valence-electron chi connectivity index (χ2n) is 7.54. The fourth-order valence-corrected chi connectivity index (χ4v) is 2.79. The number of carbonyl (C=O) groups is 1. The quantitative estimate of drug-likeness (QED) is 0.467. The van der Waals surface area contributed by atoms with Gasteiger partial charge in [-0.05, 0) is 32.9 Å². The van der Waals surface area contributed by atoms with Crippen LogP contribution >= 0.6 is 0 Å². The Balaban J connectivity index is 1.86. The van der Waals surface area contributed by atoms with Crippen molar-refractivity contribution >= 4 is 17.5 Å². The van der Waals surface area contributed by atoms with Gasteiger partial charge in [-0.25, -0.2) is 15.6 Å². The van der Waals surface area contributed by atoms with Crippen molar-refractivity contribution in [1.29, 1.82) is 0 Å². The maximum Gasteiger partial charge on any atom is 0.410 e. The molecular formula is C19H26N6O3. The van der Waals surface area contributed by atoms with Crippen molar-refractivity contribution in [2.24, 2.45) is 5.84 Å². The third-order valence-corrected chi connectivity index (χ3v) is 4.12. The highest BCUT2D eigenvalue weighted by molar-refractivity contribution is 5.69. The summed E-state index contributed by atoms with van der Waals surface area (Å²) in [7, 11) is 0. The average Bonchev–Trinajstić information content (AvgIpc) is 3.05. The van der Waals surface area contributed by atoms with Crippen molar-refractivity contribution in [3.8, 4) is 5.88 Å². The smallest absolute Gasteiger partial charge is 0.410 e. The second-order valence-corrected chi connectivity index (χ2v) is 7.54. The summed E-state index contributed by atoms with van der Waals surface area (Å²) in [4.78, 5) is 28.8. The van der Waals surface area contributed by atoms with Crippen LogP contribution in [0.1, 0.15) is 44.8 Å².